The number of amides is 4. The zero-order valence-electron chi connectivity index (χ0n) is 17.2. The summed E-state index contributed by atoms with van der Waals surface area (Å²) in [4.78, 5) is 38.4. The van der Waals surface area contributed by atoms with Gasteiger partial charge in [0.15, 0.2) is 0 Å². The third-order valence-corrected chi connectivity index (χ3v) is 6.05. The van der Waals surface area contributed by atoms with Gasteiger partial charge in [-0.05, 0) is 56.7 Å². The molecule has 6 heteroatoms. The fourth-order valence-electron chi connectivity index (χ4n) is 4.61. The average molecular weight is 386 g/mol. The fourth-order valence-corrected chi connectivity index (χ4v) is 4.61. The van der Waals surface area contributed by atoms with E-state index in [4.69, 9.17) is 0 Å². The molecule has 0 atom stereocenters. The summed E-state index contributed by atoms with van der Waals surface area (Å²) >= 11 is 0. The Morgan fingerprint density at radius 2 is 1.75 bits per heavy atom. The molecule has 1 saturated heterocycles. The molecule has 2 aliphatic rings. The molecule has 0 radical (unpaired) electrons. The summed E-state index contributed by atoms with van der Waals surface area (Å²) in [6.07, 6.45) is 5.34. The number of hydrogen-bond acceptors (Lipinski definition) is 3. The van der Waals surface area contributed by atoms with E-state index >= 15 is 0 Å². The van der Waals surface area contributed by atoms with Gasteiger partial charge in [0.25, 0.3) is 5.91 Å². The number of nitrogens with one attached hydrogen (secondary N) is 2. The lowest BCUT2D eigenvalue weighted by Crippen LogP contribution is -2.48. The van der Waals surface area contributed by atoms with Crippen LogP contribution in [0.15, 0.2) is 12.1 Å². The van der Waals surface area contributed by atoms with Gasteiger partial charge in [0.1, 0.15) is 5.54 Å². The molecule has 0 bridgehead atoms. The van der Waals surface area contributed by atoms with Crippen LogP contribution in [-0.4, -0.2) is 41.4 Å². The van der Waals surface area contributed by atoms with Gasteiger partial charge in [-0.25, -0.2) is 4.79 Å². The quantitative estimate of drug-likeness (QED) is 0.739. The minimum atomic E-state index is -0.716. The van der Waals surface area contributed by atoms with Crippen LogP contribution in [0.1, 0.15) is 60.8 Å². The molecule has 152 valence electrons. The first kappa shape index (κ1) is 20.4. The van der Waals surface area contributed by atoms with Crippen molar-refractivity contribution in [2.45, 2.75) is 71.3 Å². The summed E-state index contributed by atoms with van der Waals surface area (Å²) in [7, 11) is 0. The van der Waals surface area contributed by atoms with E-state index < -0.39 is 5.54 Å². The highest BCUT2D eigenvalue weighted by molar-refractivity contribution is 6.07. The van der Waals surface area contributed by atoms with Crippen LogP contribution in [0.2, 0.25) is 0 Å². The van der Waals surface area contributed by atoms with Gasteiger partial charge in [-0.3, -0.25) is 14.5 Å². The number of urea groups is 1. The second kappa shape index (κ2) is 8.33. The summed E-state index contributed by atoms with van der Waals surface area (Å²) in [6.45, 7) is 6.96. The Morgan fingerprint density at radius 3 is 2.39 bits per heavy atom. The van der Waals surface area contributed by atoms with Crippen LogP contribution in [0, 0.1) is 20.8 Å². The van der Waals surface area contributed by atoms with Gasteiger partial charge in [0, 0.05) is 19.5 Å². The van der Waals surface area contributed by atoms with Crippen molar-refractivity contribution < 1.29 is 14.4 Å². The van der Waals surface area contributed by atoms with Crippen LogP contribution in [0.25, 0.3) is 0 Å². The van der Waals surface area contributed by atoms with Crippen LogP contribution < -0.4 is 10.6 Å². The molecule has 1 aromatic carbocycles. The molecule has 1 aliphatic carbocycles. The molecule has 6 nitrogen and oxygen atoms in total. The molecular weight excluding hydrogens is 354 g/mol. The number of carbonyl (C=O) groups is 3. The molecule has 2 fully saturated rings. The Hall–Kier alpha value is -2.37. The number of rotatable bonds is 6. The number of carbonyl (C=O) groups excluding carboxylic acids is 3. The molecule has 1 saturated carbocycles. The third kappa shape index (κ3) is 4.21. The largest absolute Gasteiger partial charge is 0.356 e. The normalized spacial score (nSPS) is 18.5. The van der Waals surface area contributed by atoms with Crippen molar-refractivity contribution in [3.8, 4) is 0 Å². The van der Waals surface area contributed by atoms with E-state index in [9.17, 15) is 14.4 Å². The smallest absolute Gasteiger partial charge is 0.325 e. The molecule has 1 aliphatic heterocycles. The molecule has 1 heterocycles. The van der Waals surface area contributed by atoms with Crippen molar-refractivity contribution in [2.75, 3.05) is 13.1 Å². The van der Waals surface area contributed by atoms with Crippen molar-refractivity contribution in [2.24, 2.45) is 0 Å². The number of imide groups is 1. The lowest BCUT2D eigenvalue weighted by atomic mass is 9.82. The maximum absolute atomic E-state index is 12.7. The van der Waals surface area contributed by atoms with E-state index in [1.54, 1.807) is 0 Å². The van der Waals surface area contributed by atoms with Gasteiger partial charge >= 0.3 is 6.03 Å². The number of nitrogens with zero attached hydrogens (tertiary/aromatic N) is 1. The highest BCUT2D eigenvalue weighted by Gasteiger charge is 2.50. The van der Waals surface area contributed by atoms with Crippen molar-refractivity contribution >= 4 is 17.8 Å². The first-order valence-corrected chi connectivity index (χ1v) is 10.3. The SMILES string of the molecule is Cc1cc(C)c(CCNC(=O)CCN2C(=O)NC3(CCCCC3)C2=O)c(C)c1. The van der Waals surface area contributed by atoms with E-state index in [0.29, 0.717) is 19.4 Å². The molecular formula is C22H31N3O3. The number of aryl methyl sites for hydroxylation is 3. The van der Waals surface area contributed by atoms with Gasteiger partial charge in [-0.1, -0.05) is 37.0 Å². The maximum atomic E-state index is 12.7. The Kier molecular flexibility index (Phi) is 6.06. The van der Waals surface area contributed by atoms with Crippen LogP contribution >= 0.6 is 0 Å². The Labute approximate surface area is 167 Å². The van der Waals surface area contributed by atoms with Crippen molar-refractivity contribution in [3.05, 3.63) is 34.4 Å². The van der Waals surface area contributed by atoms with Crippen molar-refractivity contribution in [1.82, 2.24) is 15.5 Å². The van der Waals surface area contributed by atoms with E-state index in [1.807, 2.05) is 0 Å². The molecule has 0 aromatic heterocycles. The zero-order valence-corrected chi connectivity index (χ0v) is 17.2. The zero-order chi connectivity index (χ0) is 20.3. The minimum Gasteiger partial charge on any atom is -0.356 e. The van der Waals surface area contributed by atoms with Gasteiger partial charge in [0.2, 0.25) is 5.91 Å². The summed E-state index contributed by atoms with van der Waals surface area (Å²) in [5, 5.41) is 5.80. The lowest BCUT2D eigenvalue weighted by Gasteiger charge is -2.30. The predicted molar refractivity (Wildman–Crippen MR) is 108 cm³/mol. The highest BCUT2D eigenvalue weighted by Crippen LogP contribution is 2.33. The summed E-state index contributed by atoms with van der Waals surface area (Å²) in [6, 6.07) is 3.96. The predicted octanol–water partition coefficient (Wildman–Crippen LogP) is 2.92. The minimum absolute atomic E-state index is 0.132. The van der Waals surface area contributed by atoms with Crippen LogP contribution in [-0.2, 0) is 16.0 Å². The summed E-state index contributed by atoms with van der Waals surface area (Å²) in [5.74, 6) is -0.288. The topological polar surface area (TPSA) is 78.5 Å². The molecule has 28 heavy (non-hydrogen) atoms. The van der Waals surface area contributed by atoms with Gasteiger partial charge in [-0.15, -0.1) is 0 Å². The van der Waals surface area contributed by atoms with Crippen LogP contribution in [0.3, 0.4) is 0 Å². The number of benzene rings is 1. The van der Waals surface area contributed by atoms with Crippen LogP contribution in [0.5, 0.6) is 0 Å². The first-order chi connectivity index (χ1) is 13.3. The summed E-state index contributed by atoms with van der Waals surface area (Å²) in [5.41, 5.74) is 4.27. The Balaban J connectivity index is 1.47. The van der Waals surface area contributed by atoms with E-state index in [2.05, 4.69) is 43.5 Å². The summed E-state index contributed by atoms with van der Waals surface area (Å²) < 4.78 is 0. The van der Waals surface area contributed by atoms with Crippen molar-refractivity contribution in [1.29, 1.82) is 0 Å². The molecule has 2 N–H and O–H groups in total. The first-order valence-electron chi connectivity index (χ1n) is 10.3. The second-order valence-electron chi connectivity index (χ2n) is 8.26. The van der Waals surface area contributed by atoms with Gasteiger partial charge in [0.05, 0.1) is 0 Å². The Morgan fingerprint density at radius 1 is 1.11 bits per heavy atom. The molecule has 3 rings (SSSR count). The van der Waals surface area contributed by atoms with E-state index in [-0.39, 0.29) is 30.8 Å². The fraction of sp³-hybridized carbons (Fsp3) is 0.591. The van der Waals surface area contributed by atoms with E-state index in [1.165, 1.54) is 27.2 Å². The number of hydrogen-bond donors (Lipinski definition) is 2. The Bertz CT molecular complexity index is 758. The molecule has 0 unspecified atom stereocenters. The molecule has 4 amide bonds. The third-order valence-electron chi connectivity index (χ3n) is 6.05. The maximum Gasteiger partial charge on any atom is 0.325 e. The average Bonchev–Trinajstić information content (AvgIpc) is 2.85. The van der Waals surface area contributed by atoms with E-state index in [0.717, 1.165) is 25.7 Å². The van der Waals surface area contributed by atoms with Gasteiger partial charge < -0.3 is 10.6 Å². The van der Waals surface area contributed by atoms with Gasteiger partial charge in [-0.2, -0.15) is 0 Å². The monoisotopic (exact) mass is 385 g/mol. The lowest BCUT2D eigenvalue weighted by molar-refractivity contribution is -0.132. The standard InChI is InChI=1S/C22H31N3O3/c1-15-13-16(2)18(17(3)14-15)7-11-23-19(26)8-12-25-20(27)22(24-21(25)28)9-5-4-6-10-22/h13-14H,4-12H2,1-3H3,(H,23,26)(H,24,28). The highest BCUT2D eigenvalue weighted by atomic mass is 16.2. The second-order valence-corrected chi connectivity index (χ2v) is 8.26. The molecule has 1 aromatic rings. The van der Waals surface area contributed by atoms with Crippen molar-refractivity contribution in [3.63, 3.8) is 0 Å². The van der Waals surface area contributed by atoms with Crippen LogP contribution in [0.4, 0.5) is 4.79 Å². The molecule has 1 spiro atoms.